The van der Waals surface area contributed by atoms with Crippen LogP contribution in [0, 0.1) is 0 Å². The number of carbonyl (C=O) groups excluding carboxylic acids is 1. The van der Waals surface area contributed by atoms with E-state index in [9.17, 15) is 4.79 Å². The first-order chi connectivity index (χ1) is 7.92. The minimum absolute atomic E-state index is 0.0315. The van der Waals surface area contributed by atoms with Crippen molar-refractivity contribution in [1.29, 1.82) is 0 Å². The first-order valence-electron chi connectivity index (χ1n) is 5.78. The number of hydrogen-bond donors (Lipinski definition) is 2. The first-order valence-corrected chi connectivity index (χ1v) is 5.78. The van der Waals surface area contributed by atoms with Crippen molar-refractivity contribution < 1.29 is 9.53 Å². The van der Waals surface area contributed by atoms with Gasteiger partial charge in [0, 0.05) is 19.9 Å². The van der Waals surface area contributed by atoms with Gasteiger partial charge in [0.2, 0.25) is 0 Å². The van der Waals surface area contributed by atoms with E-state index in [-0.39, 0.29) is 17.6 Å². The molecule has 0 bridgehead atoms. The number of amides is 1. The van der Waals surface area contributed by atoms with E-state index in [2.05, 4.69) is 5.32 Å². The molecule has 5 heteroatoms. The Morgan fingerprint density at radius 2 is 2.41 bits per heavy atom. The fourth-order valence-corrected chi connectivity index (χ4v) is 2.14. The van der Waals surface area contributed by atoms with Crippen LogP contribution in [0.2, 0.25) is 0 Å². The van der Waals surface area contributed by atoms with Crippen molar-refractivity contribution in [3.05, 3.63) is 18.0 Å². The molecule has 0 aliphatic carbocycles. The smallest absolute Gasteiger partial charge is 0.268 e. The summed E-state index contributed by atoms with van der Waals surface area (Å²) in [4.78, 5) is 12.1. The fourth-order valence-electron chi connectivity index (χ4n) is 2.14. The lowest BCUT2D eigenvalue weighted by Crippen LogP contribution is -2.50. The molecule has 1 fully saturated rings. The molecule has 1 aliphatic rings. The summed E-state index contributed by atoms with van der Waals surface area (Å²) in [5.74, 6) is -0.107. The van der Waals surface area contributed by atoms with Crippen molar-refractivity contribution in [3.63, 3.8) is 0 Å². The Bertz CT molecular complexity index is 441. The standard InChI is InChI=1S/C12H19N3O2/c1-8-12(2,4-5-17-8)14-11(16)10-6-9(13)7-15(10)3/h6-8H,4-5,13H2,1-3H3,(H,14,16). The number of aromatic nitrogens is 1. The molecule has 0 spiro atoms. The van der Waals surface area contributed by atoms with Crippen LogP contribution >= 0.6 is 0 Å². The van der Waals surface area contributed by atoms with Crippen molar-refractivity contribution in [3.8, 4) is 0 Å². The largest absolute Gasteiger partial charge is 0.397 e. The van der Waals surface area contributed by atoms with Gasteiger partial charge >= 0.3 is 0 Å². The minimum atomic E-state index is -0.296. The summed E-state index contributed by atoms with van der Waals surface area (Å²) < 4.78 is 7.23. The highest BCUT2D eigenvalue weighted by Gasteiger charge is 2.38. The molecule has 0 radical (unpaired) electrons. The zero-order valence-electron chi connectivity index (χ0n) is 10.5. The van der Waals surface area contributed by atoms with E-state index in [1.54, 1.807) is 16.8 Å². The lowest BCUT2D eigenvalue weighted by Gasteiger charge is -2.28. The van der Waals surface area contributed by atoms with Crippen molar-refractivity contribution in [2.45, 2.75) is 31.9 Å². The van der Waals surface area contributed by atoms with Crippen molar-refractivity contribution in [2.75, 3.05) is 12.3 Å². The molecule has 0 aromatic carbocycles. The average Bonchev–Trinajstić information content (AvgIpc) is 2.72. The molecule has 2 unspecified atom stereocenters. The number of rotatable bonds is 2. The molecule has 2 rings (SSSR count). The molecule has 0 saturated carbocycles. The first kappa shape index (κ1) is 12.0. The molecule has 2 heterocycles. The molecule has 1 aromatic heterocycles. The summed E-state index contributed by atoms with van der Waals surface area (Å²) in [6, 6.07) is 1.68. The van der Waals surface area contributed by atoms with E-state index < -0.39 is 0 Å². The van der Waals surface area contributed by atoms with Crippen LogP contribution in [-0.4, -0.2) is 28.7 Å². The third-order valence-corrected chi connectivity index (χ3v) is 3.54. The number of anilines is 1. The number of aryl methyl sites for hydroxylation is 1. The van der Waals surface area contributed by atoms with Gasteiger partial charge in [0.15, 0.2) is 0 Å². The van der Waals surface area contributed by atoms with E-state index in [4.69, 9.17) is 10.5 Å². The maximum atomic E-state index is 12.1. The number of nitrogens with two attached hydrogens (primary N) is 1. The van der Waals surface area contributed by atoms with Gasteiger partial charge in [0.25, 0.3) is 5.91 Å². The molecule has 1 aromatic rings. The molecule has 1 aliphatic heterocycles. The molecule has 2 atom stereocenters. The zero-order valence-corrected chi connectivity index (χ0v) is 10.5. The zero-order chi connectivity index (χ0) is 12.6. The van der Waals surface area contributed by atoms with Crippen molar-refractivity contribution in [1.82, 2.24) is 9.88 Å². The second-order valence-electron chi connectivity index (χ2n) is 4.90. The van der Waals surface area contributed by atoms with Gasteiger partial charge in [0.05, 0.1) is 17.3 Å². The highest BCUT2D eigenvalue weighted by molar-refractivity contribution is 5.94. The van der Waals surface area contributed by atoms with E-state index in [0.717, 1.165) is 6.42 Å². The number of ether oxygens (including phenoxy) is 1. The van der Waals surface area contributed by atoms with Gasteiger partial charge in [-0.1, -0.05) is 0 Å². The lowest BCUT2D eigenvalue weighted by atomic mass is 9.94. The Labute approximate surface area is 101 Å². The van der Waals surface area contributed by atoms with Crippen LogP contribution < -0.4 is 11.1 Å². The quantitative estimate of drug-likeness (QED) is 0.803. The highest BCUT2D eigenvalue weighted by atomic mass is 16.5. The van der Waals surface area contributed by atoms with Crippen LogP contribution in [0.4, 0.5) is 5.69 Å². The maximum Gasteiger partial charge on any atom is 0.268 e. The molecule has 3 N–H and O–H groups in total. The second-order valence-corrected chi connectivity index (χ2v) is 4.90. The molecule has 1 saturated heterocycles. The van der Waals surface area contributed by atoms with E-state index in [0.29, 0.717) is 18.0 Å². The normalized spacial score (nSPS) is 28.3. The monoisotopic (exact) mass is 237 g/mol. The van der Waals surface area contributed by atoms with E-state index in [1.807, 2.05) is 20.9 Å². The lowest BCUT2D eigenvalue weighted by molar-refractivity contribution is 0.0722. The number of carbonyl (C=O) groups is 1. The van der Waals surface area contributed by atoms with Gasteiger partial charge in [-0.15, -0.1) is 0 Å². The molecule has 17 heavy (non-hydrogen) atoms. The SMILES string of the molecule is CC1OCCC1(C)NC(=O)c1cc(N)cn1C. The van der Waals surface area contributed by atoms with Crippen LogP contribution in [0.15, 0.2) is 12.3 Å². The number of nitrogens with one attached hydrogen (secondary N) is 1. The Balaban J connectivity index is 2.14. The predicted molar refractivity (Wildman–Crippen MR) is 65.7 cm³/mol. The molecule has 94 valence electrons. The topological polar surface area (TPSA) is 69.3 Å². The predicted octanol–water partition coefficient (Wildman–Crippen LogP) is 0.905. The van der Waals surface area contributed by atoms with Crippen LogP contribution in [0.3, 0.4) is 0 Å². The Kier molecular flexibility index (Phi) is 2.87. The van der Waals surface area contributed by atoms with Crippen LogP contribution in [0.1, 0.15) is 30.8 Å². The van der Waals surface area contributed by atoms with Gasteiger partial charge in [-0.05, 0) is 26.3 Å². The van der Waals surface area contributed by atoms with Crippen molar-refractivity contribution >= 4 is 11.6 Å². The Hall–Kier alpha value is -1.49. The number of nitrogens with zero attached hydrogens (tertiary/aromatic N) is 1. The fraction of sp³-hybridized carbons (Fsp3) is 0.583. The van der Waals surface area contributed by atoms with Crippen molar-refractivity contribution in [2.24, 2.45) is 7.05 Å². The summed E-state index contributed by atoms with van der Waals surface area (Å²) in [6.07, 6.45) is 2.59. The Morgan fingerprint density at radius 1 is 1.71 bits per heavy atom. The molecule has 5 nitrogen and oxygen atoms in total. The highest BCUT2D eigenvalue weighted by Crippen LogP contribution is 2.25. The molecule has 1 amide bonds. The van der Waals surface area contributed by atoms with Crippen LogP contribution in [0.25, 0.3) is 0 Å². The molecular weight excluding hydrogens is 218 g/mol. The third kappa shape index (κ3) is 2.15. The summed E-state index contributed by atoms with van der Waals surface area (Å²) in [5, 5.41) is 3.04. The van der Waals surface area contributed by atoms with Gasteiger partial charge in [-0.2, -0.15) is 0 Å². The summed E-state index contributed by atoms with van der Waals surface area (Å²) in [6.45, 7) is 4.68. The van der Waals surface area contributed by atoms with E-state index >= 15 is 0 Å². The number of nitrogen functional groups attached to an aromatic ring is 1. The second kappa shape index (κ2) is 4.07. The van der Waals surface area contributed by atoms with Gasteiger partial charge < -0.3 is 20.4 Å². The third-order valence-electron chi connectivity index (χ3n) is 3.54. The van der Waals surface area contributed by atoms with Gasteiger partial charge in [-0.3, -0.25) is 4.79 Å². The van der Waals surface area contributed by atoms with E-state index in [1.165, 1.54) is 0 Å². The minimum Gasteiger partial charge on any atom is -0.397 e. The maximum absolute atomic E-state index is 12.1. The average molecular weight is 237 g/mol. The Morgan fingerprint density at radius 3 is 2.88 bits per heavy atom. The summed E-state index contributed by atoms with van der Waals surface area (Å²) in [5.41, 5.74) is 6.53. The summed E-state index contributed by atoms with van der Waals surface area (Å²) >= 11 is 0. The number of hydrogen-bond acceptors (Lipinski definition) is 3. The summed E-state index contributed by atoms with van der Waals surface area (Å²) in [7, 11) is 1.81. The molecular formula is C12H19N3O2. The van der Waals surface area contributed by atoms with Crippen LogP contribution in [-0.2, 0) is 11.8 Å². The van der Waals surface area contributed by atoms with Gasteiger partial charge in [-0.25, -0.2) is 0 Å². The van der Waals surface area contributed by atoms with Gasteiger partial charge in [0.1, 0.15) is 5.69 Å². The van der Waals surface area contributed by atoms with Crippen LogP contribution in [0.5, 0.6) is 0 Å².